The molecule has 0 atom stereocenters. The molecule has 3 rings (SSSR count). The molecule has 1 aromatic heterocycles. The first-order valence-corrected chi connectivity index (χ1v) is 8.84. The summed E-state index contributed by atoms with van der Waals surface area (Å²) in [6.07, 6.45) is 6.99. The van der Waals surface area contributed by atoms with Gasteiger partial charge in [-0.2, -0.15) is 0 Å². The van der Waals surface area contributed by atoms with E-state index >= 15 is 0 Å². The van der Waals surface area contributed by atoms with Crippen LogP contribution >= 0.6 is 0 Å². The number of allylic oxidation sites excluding steroid dienone is 1. The van der Waals surface area contributed by atoms with Gasteiger partial charge in [-0.15, -0.1) is 0 Å². The third-order valence-electron chi connectivity index (χ3n) is 4.07. The Morgan fingerprint density at radius 2 is 1.78 bits per heavy atom. The second kappa shape index (κ2) is 8.92. The van der Waals surface area contributed by atoms with Crippen LogP contribution in [0.5, 0.6) is 0 Å². The number of nitrogens with one attached hydrogen (secondary N) is 1. The quantitative estimate of drug-likeness (QED) is 0.488. The van der Waals surface area contributed by atoms with Crippen molar-refractivity contribution in [2.24, 2.45) is 0 Å². The van der Waals surface area contributed by atoms with Crippen LogP contribution in [-0.2, 0) is 6.54 Å². The third kappa shape index (κ3) is 5.36. The average Bonchev–Trinajstić information content (AvgIpc) is 2.68. The smallest absolute Gasteiger partial charge is 0.185 e. The van der Waals surface area contributed by atoms with E-state index in [1.54, 1.807) is 18.5 Å². The van der Waals surface area contributed by atoms with Crippen LogP contribution < -0.4 is 5.32 Å². The van der Waals surface area contributed by atoms with Gasteiger partial charge in [0.2, 0.25) is 0 Å². The number of hydrogen-bond acceptors (Lipinski definition) is 4. The molecular formula is C23H23N3O. The fourth-order valence-corrected chi connectivity index (χ4v) is 2.80. The van der Waals surface area contributed by atoms with E-state index in [4.69, 9.17) is 0 Å². The number of rotatable bonds is 7. The first-order chi connectivity index (χ1) is 13.1. The molecule has 1 N–H and O–H groups in total. The molecule has 0 saturated carbocycles. The molecule has 4 heteroatoms. The zero-order valence-electron chi connectivity index (χ0n) is 15.6. The molecule has 3 aromatic rings. The standard InChI is InChI=1S/C23H23N3O/c1-26(2)17-20-7-4-3-6-18(20)10-11-23(27)19-8-5-9-22(16-19)25-21-12-14-24-15-13-21/h3-16H,17H2,1-2H3,(H,24,25)/b11-10+. The van der Waals surface area contributed by atoms with Crippen molar-refractivity contribution in [3.8, 4) is 0 Å². The molecule has 136 valence electrons. The minimum Gasteiger partial charge on any atom is -0.355 e. The molecule has 0 unspecified atom stereocenters. The molecule has 0 aliphatic heterocycles. The summed E-state index contributed by atoms with van der Waals surface area (Å²) in [6, 6.07) is 19.4. The van der Waals surface area contributed by atoms with E-state index in [2.05, 4.69) is 21.3 Å². The van der Waals surface area contributed by atoms with Crippen molar-refractivity contribution in [2.75, 3.05) is 19.4 Å². The number of nitrogens with zero attached hydrogens (tertiary/aromatic N) is 2. The van der Waals surface area contributed by atoms with Crippen LogP contribution in [0.4, 0.5) is 11.4 Å². The van der Waals surface area contributed by atoms with Crippen LogP contribution in [0, 0.1) is 0 Å². The van der Waals surface area contributed by atoms with Gasteiger partial charge in [-0.25, -0.2) is 0 Å². The van der Waals surface area contributed by atoms with Gasteiger partial charge in [-0.1, -0.05) is 42.5 Å². The normalized spacial score (nSPS) is 11.1. The molecule has 2 aromatic carbocycles. The number of ketones is 1. The summed E-state index contributed by atoms with van der Waals surface area (Å²) in [6.45, 7) is 0.833. The van der Waals surface area contributed by atoms with E-state index in [0.717, 1.165) is 23.5 Å². The van der Waals surface area contributed by atoms with Gasteiger partial charge < -0.3 is 10.2 Å². The highest BCUT2D eigenvalue weighted by molar-refractivity contribution is 6.07. The minimum atomic E-state index is -0.0203. The highest BCUT2D eigenvalue weighted by Crippen LogP contribution is 2.18. The van der Waals surface area contributed by atoms with Gasteiger partial charge in [-0.3, -0.25) is 9.78 Å². The molecule has 0 aliphatic rings. The maximum absolute atomic E-state index is 12.6. The lowest BCUT2D eigenvalue weighted by Crippen LogP contribution is -2.11. The van der Waals surface area contributed by atoms with E-state index in [0.29, 0.717) is 5.56 Å². The number of aromatic nitrogens is 1. The summed E-state index contributed by atoms with van der Waals surface area (Å²) in [5, 5.41) is 3.28. The summed E-state index contributed by atoms with van der Waals surface area (Å²) in [5.74, 6) is -0.0203. The van der Waals surface area contributed by atoms with Crippen LogP contribution in [0.3, 0.4) is 0 Å². The molecule has 0 radical (unpaired) electrons. The Hall–Kier alpha value is -3.24. The van der Waals surface area contributed by atoms with Gasteiger partial charge >= 0.3 is 0 Å². The van der Waals surface area contributed by atoms with Gasteiger partial charge in [-0.05, 0) is 55.6 Å². The van der Waals surface area contributed by atoms with Crippen molar-refractivity contribution in [3.63, 3.8) is 0 Å². The highest BCUT2D eigenvalue weighted by atomic mass is 16.1. The second-order valence-corrected chi connectivity index (χ2v) is 6.58. The fraction of sp³-hybridized carbons (Fsp3) is 0.130. The van der Waals surface area contributed by atoms with Gasteiger partial charge in [0.1, 0.15) is 0 Å². The maximum atomic E-state index is 12.6. The monoisotopic (exact) mass is 357 g/mol. The lowest BCUT2D eigenvalue weighted by atomic mass is 10.0. The molecule has 0 bridgehead atoms. The van der Waals surface area contributed by atoms with Crippen molar-refractivity contribution < 1.29 is 4.79 Å². The second-order valence-electron chi connectivity index (χ2n) is 6.58. The summed E-state index contributed by atoms with van der Waals surface area (Å²) in [7, 11) is 4.07. The fourth-order valence-electron chi connectivity index (χ4n) is 2.80. The van der Waals surface area contributed by atoms with E-state index in [1.807, 2.05) is 74.8 Å². The van der Waals surface area contributed by atoms with Crippen molar-refractivity contribution in [2.45, 2.75) is 6.54 Å². The lowest BCUT2D eigenvalue weighted by Gasteiger charge is -2.12. The van der Waals surface area contributed by atoms with E-state index in [-0.39, 0.29) is 5.78 Å². The SMILES string of the molecule is CN(C)Cc1ccccc1/C=C/C(=O)c1cccc(Nc2ccncc2)c1. The zero-order valence-corrected chi connectivity index (χ0v) is 15.6. The predicted molar refractivity (Wildman–Crippen MR) is 111 cm³/mol. The molecule has 1 heterocycles. The Morgan fingerprint density at radius 3 is 2.56 bits per heavy atom. The van der Waals surface area contributed by atoms with Crippen LogP contribution in [0.2, 0.25) is 0 Å². The Kier molecular flexibility index (Phi) is 6.13. The predicted octanol–water partition coefficient (Wildman–Crippen LogP) is 4.78. The Labute approximate surface area is 160 Å². The largest absolute Gasteiger partial charge is 0.355 e. The topological polar surface area (TPSA) is 45.2 Å². The van der Waals surface area contributed by atoms with E-state index in [9.17, 15) is 4.79 Å². The van der Waals surface area contributed by atoms with Gasteiger partial charge in [0.15, 0.2) is 5.78 Å². The average molecular weight is 357 g/mol. The number of carbonyl (C=O) groups excluding carboxylic acids is 1. The molecule has 0 amide bonds. The number of hydrogen-bond donors (Lipinski definition) is 1. The molecule has 0 spiro atoms. The number of anilines is 2. The summed E-state index contributed by atoms with van der Waals surface area (Å²) in [4.78, 5) is 18.7. The highest BCUT2D eigenvalue weighted by Gasteiger charge is 2.05. The van der Waals surface area contributed by atoms with Gasteiger partial charge in [0.25, 0.3) is 0 Å². The number of benzene rings is 2. The Morgan fingerprint density at radius 1 is 1.00 bits per heavy atom. The Balaban J connectivity index is 1.75. The first-order valence-electron chi connectivity index (χ1n) is 8.84. The van der Waals surface area contributed by atoms with Gasteiger partial charge in [0.05, 0.1) is 0 Å². The molecule has 4 nitrogen and oxygen atoms in total. The van der Waals surface area contributed by atoms with Crippen molar-refractivity contribution in [1.29, 1.82) is 0 Å². The van der Waals surface area contributed by atoms with Crippen LogP contribution in [0.15, 0.2) is 79.1 Å². The first kappa shape index (κ1) is 18.5. The minimum absolute atomic E-state index is 0.0203. The summed E-state index contributed by atoms with van der Waals surface area (Å²) >= 11 is 0. The van der Waals surface area contributed by atoms with E-state index in [1.165, 1.54) is 5.56 Å². The number of carbonyl (C=O) groups is 1. The summed E-state index contributed by atoms with van der Waals surface area (Å²) < 4.78 is 0. The molecular weight excluding hydrogens is 334 g/mol. The van der Waals surface area contributed by atoms with Crippen LogP contribution in [0.25, 0.3) is 6.08 Å². The molecule has 27 heavy (non-hydrogen) atoms. The molecule has 0 fully saturated rings. The zero-order chi connectivity index (χ0) is 19.1. The van der Waals surface area contributed by atoms with Gasteiger partial charge in [0, 0.05) is 35.9 Å². The lowest BCUT2D eigenvalue weighted by molar-refractivity contribution is 0.104. The Bertz CT molecular complexity index is 933. The third-order valence-corrected chi connectivity index (χ3v) is 4.07. The molecule has 0 aliphatic carbocycles. The summed E-state index contributed by atoms with van der Waals surface area (Å²) in [5.41, 5.74) is 4.71. The maximum Gasteiger partial charge on any atom is 0.185 e. The van der Waals surface area contributed by atoms with Crippen molar-refractivity contribution in [3.05, 3.63) is 95.8 Å². The molecule has 0 saturated heterocycles. The van der Waals surface area contributed by atoms with Crippen molar-refractivity contribution >= 4 is 23.2 Å². The van der Waals surface area contributed by atoms with Crippen LogP contribution in [-0.4, -0.2) is 29.8 Å². The number of pyridine rings is 1. The van der Waals surface area contributed by atoms with E-state index < -0.39 is 0 Å². The van der Waals surface area contributed by atoms with Crippen LogP contribution in [0.1, 0.15) is 21.5 Å². The van der Waals surface area contributed by atoms with Crippen molar-refractivity contribution in [1.82, 2.24) is 9.88 Å².